The zero-order valence-electron chi connectivity index (χ0n) is 13.1. The van der Waals surface area contributed by atoms with E-state index in [1.165, 1.54) is 0 Å². The molecule has 0 radical (unpaired) electrons. The zero-order chi connectivity index (χ0) is 15.4. The smallest absolute Gasteiger partial charge is 0.378 e. The summed E-state index contributed by atoms with van der Waals surface area (Å²) in [5.74, 6) is 0. The van der Waals surface area contributed by atoms with E-state index in [1.54, 1.807) is 4.90 Å². The lowest BCUT2D eigenvalue weighted by atomic mass is 9.75. The summed E-state index contributed by atoms with van der Waals surface area (Å²) < 4.78 is 43.9. The van der Waals surface area contributed by atoms with Gasteiger partial charge in [0.05, 0.1) is 13.2 Å². The summed E-state index contributed by atoms with van der Waals surface area (Å²) in [5, 5.41) is 0. The summed E-state index contributed by atoms with van der Waals surface area (Å²) in [7, 11) is 0. The lowest BCUT2D eigenvalue weighted by Gasteiger charge is -2.45. The highest BCUT2D eigenvalue weighted by atomic mass is 19.4. The maximum absolute atomic E-state index is 13.0. The van der Waals surface area contributed by atoms with Crippen molar-refractivity contribution in [3.63, 3.8) is 0 Å². The fraction of sp³-hybridized carbons (Fsp3) is 1.00. The van der Waals surface area contributed by atoms with E-state index >= 15 is 0 Å². The van der Waals surface area contributed by atoms with Crippen molar-refractivity contribution in [1.82, 2.24) is 4.90 Å². The molecule has 0 aromatic rings. The van der Waals surface area contributed by atoms with Crippen LogP contribution < -0.4 is 0 Å². The second-order valence-electron chi connectivity index (χ2n) is 6.27. The molecule has 20 heavy (non-hydrogen) atoms. The molecule has 0 N–H and O–H groups in total. The van der Waals surface area contributed by atoms with Crippen molar-refractivity contribution in [1.29, 1.82) is 0 Å². The quantitative estimate of drug-likeness (QED) is 0.717. The van der Waals surface area contributed by atoms with Gasteiger partial charge in [-0.3, -0.25) is 4.90 Å². The van der Waals surface area contributed by atoms with Crippen molar-refractivity contribution >= 4 is 0 Å². The van der Waals surface area contributed by atoms with E-state index in [-0.39, 0.29) is 18.1 Å². The molecule has 1 unspecified atom stereocenters. The minimum atomic E-state index is -4.17. The average Bonchev–Trinajstić information content (AvgIpc) is 2.40. The lowest BCUT2D eigenvalue weighted by Crippen LogP contribution is -2.57. The highest BCUT2D eigenvalue weighted by molar-refractivity contribution is 4.90. The summed E-state index contributed by atoms with van der Waals surface area (Å²) in [6.07, 6.45) is -0.397. The van der Waals surface area contributed by atoms with Gasteiger partial charge in [-0.25, -0.2) is 0 Å². The van der Waals surface area contributed by atoms with Crippen molar-refractivity contribution in [2.24, 2.45) is 5.41 Å². The van der Waals surface area contributed by atoms with Crippen LogP contribution in [-0.2, 0) is 4.74 Å². The lowest BCUT2D eigenvalue weighted by molar-refractivity contribution is -0.220. The van der Waals surface area contributed by atoms with Crippen LogP contribution in [0.15, 0.2) is 0 Å². The predicted molar refractivity (Wildman–Crippen MR) is 74.8 cm³/mol. The first-order chi connectivity index (χ1) is 9.30. The van der Waals surface area contributed by atoms with Crippen molar-refractivity contribution in [3.05, 3.63) is 0 Å². The molecular weight excluding hydrogens is 267 g/mol. The van der Waals surface area contributed by atoms with Gasteiger partial charge in [0.2, 0.25) is 0 Å². The molecule has 1 saturated carbocycles. The number of nitrogens with zero attached hydrogens (tertiary/aromatic N) is 1. The molecule has 120 valence electrons. The van der Waals surface area contributed by atoms with E-state index < -0.39 is 12.2 Å². The Labute approximate surface area is 120 Å². The first kappa shape index (κ1) is 17.8. The Morgan fingerprint density at radius 1 is 1.10 bits per heavy atom. The van der Waals surface area contributed by atoms with Gasteiger partial charge in [-0.1, -0.05) is 27.7 Å². The van der Waals surface area contributed by atoms with Crippen molar-refractivity contribution < 1.29 is 17.9 Å². The number of hydrogen-bond donors (Lipinski definition) is 0. The molecule has 1 atom stereocenters. The Morgan fingerprint density at radius 3 is 2.15 bits per heavy atom. The van der Waals surface area contributed by atoms with Crippen LogP contribution in [0.4, 0.5) is 13.2 Å². The molecule has 0 spiro atoms. The van der Waals surface area contributed by atoms with Gasteiger partial charge in [-0.05, 0) is 31.1 Å². The fourth-order valence-corrected chi connectivity index (χ4v) is 3.05. The van der Waals surface area contributed by atoms with Gasteiger partial charge >= 0.3 is 6.18 Å². The maximum Gasteiger partial charge on any atom is 0.406 e. The van der Waals surface area contributed by atoms with E-state index in [9.17, 15) is 13.2 Å². The third kappa shape index (κ3) is 4.62. The second kappa shape index (κ2) is 7.12. The Bertz CT molecular complexity index is 281. The van der Waals surface area contributed by atoms with E-state index in [0.29, 0.717) is 13.2 Å². The van der Waals surface area contributed by atoms with Crippen LogP contribution in [0.1, 0.15) is 53.4 Å². The van der Waals surface area contributed by atoms with Crippen LogP contribution in [0.2, 0.25) is 0 Å². The fourth-order valence-electron chi connectivity index (χ4n) is 3.05. The molecule has 0 aromatic heterocycles. The topological polar surface area (TPSA) is 12.5 Å². The third-order valence-corrected chi connectivity index (χ3v) is 4.33. The van der Waals surface area contributed by atoms with Gasteiger partial charge in [-0.15, -0.1) is 0 Å². The zero-order valence-corrected chi connectivity index (χ0v) is 13.1. The molecule has 0 bridgehead atoms. The van der Waals surface area contributed by atoms with E-state index in [0.717, 1.165) is 25.7 Å². The Hall–Kier alpha value is -0.290. The Balaban J connectivity index is 0.000000956. The number of morpholine rings is 1. The first-order valence-electron chi connectivity index (χ1n) is 7.70. The SMILES string of the molecule is CC.CC1(C)CCC(N2CCOCC2C(F)(F)F)CC1. The molecule has 1 aliphatic heterocycles. The minimum Gasteiger partial charge on any atom is -0.378 e. The summed E-state index contributed by atoms with van der Waals surface area (Å²) in [5.41, 5.74) is 0.288. The van der Waals surface area contributed by atoms with Crippen LogP contribution in [0.3, 0.4) is 0 Å². The molecule has 5 heteroatoms. The number of rotatable bonds is 1. The second-order valence-corrected chi connectivity index (χ2v) is 6.27. The molecule has 2 rings (SSSR count). The molecule has 1 saturated heterocycles. The van der Waals surface area contributed by atoms with Crippen molar-refractivity contribution in [3.8, 4) is 0 Å². The predicted octanol–water partition coefficient (Wildman–Crippen LogP) is 4.24. The van der Waals surface area contributed by atoms with Crippen molar-refractivity contribution in [2.75, 3.05) is 19.8 Å². The highest BCUT2D eigenvalue weighted by Gasteiger charge is 2.47. The summed E-state index contributed by atoms with van der Waals surface area (Å²) >= 11 is 0. The largest absolute Gasteiger partial charge is 0.406 e. The first-order valence-corrected chi connectivity index (χ1v) is 7.70. The molecule has 2 fully saturated rings. The molecule has 2 nitrogen and oxygen atoms in total. The number of alkyl halides is 3. The summed E-state index contributed by atoms with van der Waals surface area (Å²) in [6, 6.07) is -1.33. The summed E-state index contributed by atoms with van der Waals surface area (Å²) in [6.45, 7) is 9.03. The molecule has 2 aliphatic rings. The van der Waals surface area contributed by atoms with Gasteiger partial charge in [0.25, 0.3) is 0 Å². The number of halogens is 3. The number of ether oxygens (including phenoxy) is 1. The van der Waals surface area contributed by atoms with E-state index in [1.807, 2.05) is 13.8 Å². The van der Waals surface area contributed by atoms with E-state index in [2.05, 4.69) is 13.8 Å². The van der Waals surface area contributed by atoms with Crippen LogP contribution in [0.25, 0.3) is 0 Å². The van der Waals surface area contributed by atoms with Crippen LogP contribution in [0.5, 0.6) is 0 Å². The molecule has 0 amide bonds. The third-order valence-electron chi connectivity index (χ3n) is 4.33. The average molecular weight is 295 g/mol. The van der Waals surface area contributed by atoms with Crippen LogP contribution in [-0.4, -0.2) is 42.9 Å². The Morgan fingerprint density at radius 2 is 1.65 bits per heavy atom. The normalized spacial score (nSPS) is 28.6. The van der Waals surface area contributed by atoms with Crippen LogP contribution in [0, 0.1) is 5.41 Å². The molecular formula is C15H28F3NO. The number of hydrogen-bond acceptors (Lipinski definition) is 2. The van der Waals surface area contributed by atoms with Gasteiger partial charge in [0.15, 0.2) is 0 Å². The molecule has 1 heterocycles. The van der Waals surface area contributed by atoms with Gasteiger partial charge in [-0.2, -0.15) is 13.2 Å². The molecule has 0 aromatic carbocycles. The standard InChI is InChI=1S/C13H22F3NO.C2H6/c1-12(2)5-3-10(4-6-12)17-7-8-18-9-11(17)13(14,15)16;1-2/h10-11H,3-9H2,1-2H3;1-2H3. The van der Waals surface area contributed by atoms with E-state index in [4.69, 9.17) is 4.74 Å². The van der Waals surface area contributed by atoms with Crippen molar-refractivity contribution in [2.45, 2.75) is 71.6 Å². The van der Waals surface area contributed by atoms with Gasteiger partial charge < -0.3 is 4.74 Å². The van der Waals surface area contributed by atoms with Gasteiger partial charge in [0.1, 0.15) is 6.04 Å². The monoisotopic (exact) mass is 295 g/mol. The highest BCUT2D eigenvalue weighted by Crippen LogP contribution is 2.39. The van der Waals surface area contributed by atoms with Crippen LogP contribution >= 0.6 is 0 Å². The summed E-state index contributed by atoms with van der Waals surface area (Å²) in [4.78, 5) is 1.64. The van der Waals surface area contributed by atoms with Gasteiger partial charge in [0, 0.05) is 12.6 Å². The minimum absolute atomic E-state index is 0.0774. The maximum atomic E-state index is 13.0. The molecule has 1 aliphatic carbocycles. The Kier molecular flexibility index (Phi) is 6.32.